The lowest BCUT2D eigenvalue weighted by molar-refractivity contribution is 0.0497. The second-order valence-corrected chi connectivity index (χ2v) is 7.35. The van der Waals surface area contributed by atoms with E-state index in [0.29, 0.717) is 17.5 Å². The molecule has 1 aromatic rings. The van der Waals surface area contributed by atoms with E-state index in [4.69, 9.17) is 4.98 Å². The topological polar surface area (TPSA) is 28.2 Å². The first-order valence-electron chi connectivity index (χ1n) is 8.50. The molecule has 3 nitrogen and oxygen atoms in total. The summed E-state index contributed by atoms with van der Waals surface area (Å²) >= 11 is 0. The van der Waals surface area contributed by atoms with Gasteiger partial charge in [-0.05, 0) is 37.8 Å². The molecule has 2 heterocycles. The second kappa shape index (κ2) is 6.05. The monoisotopic (exact) mass is 287 g/mol. The molecular weight excluding hydrogens is 258 g/mol. The highest BCUT2D eigenvalue weighted by molar-refractivity contribution is 5.11. The normalized spacial score (nSPS) is 25.8. The molecule has 2 fully saturated rings. The van der Waals surface area contributed by atoms with E-state index in [9.17, 15) is 0 Å². The van der Waals surface area contributed by atoms with Gasteiger partial charge in [-0.3, -0.25) is 9.88 Å². The van der Waals surface area contributed by atoms with Gasteiger partial charge in [-0.2, -0.15) is 0 Å². The lowest BCUT2D eigenvalue weighted by atomic mass is 9.89. The number of aromatic nitrogens is 1. The Morgan fingerprint density at radius 3 is 2.76 bits per heavy atom. The zero-order chi connectivity index (χ0) is 14.9. The molecule has 1 aliphatic carbocycles. The van der Waals surface area contributed by atoms with Crippen molar-refractivity contribution in [2.75, 3.05) is 13.1 Å². The van der Waals surface area contributed by atoms with Gasteiger partial charge in [-0.1, -0.05) is 32.8 Å². The van der Waals surface area contributed by atoms with Gasteiger partial charge in [-0.25, -0.2) is 0 Å². The van der Waals surface area contributed by atoms with Gasteiger partial charge >= 0.3 is 0 Å². The maximum absolute atomic E-state index is 4.71. The molecule has 1 aliphatic heterocycles. The molecule has 1 saturated carbocycles. The standard InChI is InChI=1S/C18H29N3/c1-14(2)17-11-19-18(9-4-5-10-18)13-21(17)12-16-8-6-7-15(3)20-16/h6-8,14,17,19H,4-5,9-13H2,1-3H3. The van der Waals surface area contributed by atoms with Gasteiger partial charge in [-0.15, -0.1) is 0 Å². The fourth-order valence-corrected chi connectivity index (χ4v) is 4.12. The summed E-state index contributed by atoms with van der Waals surface area (Å²) in [7, 11) is 0. The number of rotatable bonds is 3. The quantitative estimate of drug-likeness (QED) is 0.926. The average molecular weight is 287 g/mol. The molecule has 1 N–H and O–H groups in total. The van der Waals surface area contributed by atoms with Gasteiger partial charge in [0.1, 0.15) is 0 Å². The third kappa shape index (κ3) is 3.29. The number of nitrogens with zero attached hydrogens (tertiary/aromatic N) is 2. The number of hydrogen-bond donors (Lipinski definition) is 1. The van der Waals surface area contributed by atoms with Gasteiger partial charge < -0.3 is 5.32 Å². The Morgan fingerprint density at radius 1 is 1.33 bits per heavy atom. The third-order valence-corrected chi connectivity index (χ3v) is 5.30. The number of piperazine rings is 1. The van der Waals surface area contributed by atoms with Crippen LogP contribution in [0.4, 0.5) is 0 Å². The Morgan fingerprint density at radius 2 is 2.10 bits per heavy atom. The van der Waals surface area contributed by atoms with E-state index in [2.05, 4.69) is 49.2 Å². The molecule has 1 aromatic heterocycles. The summed E-state index contributed by atoms with van der Waals surface area (Å²) in [4.78, 5) is 7.40. The molecule has 3 rings (SSSR count). The summed E-state index contributed by atoms with van der Waals surface area (Å²) in [5.41, 5.74) is 2.73. The summed E-state index contributed by atoms with van der Waals surface area (Å²) in [6.07, 6.45) is 5.46. The van der Waals surface area contributed by atoms with Crippen LogP contribution in [0.3, 0.4) is 0 Å². The predicted molar refractivity (Wildman–Crippen MR) is 87.2 cm³/mol. The number of aryl methyl sites for hydroxylation is 1. The molecule has 3 heteroatoms. The molecule has 0 aromatic carbocycles. The summed E-state index contributed by atoms with van der Waals surface area (Å²) in [6, 6.07) is 7.02. The first kappa shape index (κ1) is 15.0. The van der Waals surface area contributed by atoms with E-state index in [1.54, 1.807) is 0 Å². The van der Waals surface area contributed by atoms with E-state index in [-0.39, 0.29) is 0 Å². The summed E-state index contributed by atoms with van der Waals surface area (Å²) < 4.78 is 0. The maximum atomic E-state index is 4.71. The van der Waals surface area contributed by atoms with Crippen LogP contribution in [0.1, 0.15) is 50.9 Å². The fourth-order valence-electron chi connectivity index (χ4n) is 4.12. The molecule has 1 unspecified atom stereocenters. The Balaban J connectivity index is 1.77. The molecule has 1 atom stereocenters. The summed E-state index contributed by atoms with van der Waals surface area (Å²) in [6.45, 7) is 10.1. The molecule has 0 amide bonds. The Kier molecular flexibility index (Phi) is 4.32. The van der Waals surface area contributed by atoms with Crippen molar-refractivity contribution in [2.24, 2.45) is 5.92 Å². The van der Waals surface area contributed by atoms with Crippen LogP contribution >= 0.6 is 0 Å². The zero-order valence-corrected chi connectivity index (χ0v) is 13.7. The highest BCUT2D eigenvalue weighted by Gasteiger charge is 2.41. The zero-order valence-electron chi connectivity index (χ0n) is 13.7. The van der Waals surface area contributed by atoms with Crippen molar-refractivity contribution in [3.8, 4) is 0 Å². The van der Waals surface area contributed by atoms with Crippen molar-refractivity contribution in [3.63, 3.8) is 0 Å². The minimum atomic E-state index is 0.384. The summed E-state index contributed by atoms with van der Waals surface area (Å²) in [5.74, 6) is 0.682. The minimum Gasteiger partial charge on any atom is -0.308 e. The first-order valence-corrected chi connectivity index (χ1v) is 8.50. The lowest BCUT2D eigenvalue weighted by Gasteiger charge is -2.47. The Labute approximate surface area is 129 Å². The molecule has 2 aliphatic rings. The van der Waals surface area contributed by atoms with Crippen LogP contribution in [0.2, 0.25) is 0 Å². The van der Waals surface area contributed by atoms with Gasteiger partial charge in [0.2, 0.25) is 0 Å². The largest absolute Gasteiger partial charge is 0.308 e. The van der Waals surface area contributed by atoms with Crippen LogP contribution in [0.15, 0.2) is 18.2 Å². The second-order valence-electron chi connectivity index (χ2n) is 7.35. The van der Waals surface area contributed by atoms with Crippen LogP contribution in [-0.4, -0.2) is 34.6 Å². The third-order valence-electron chi connectivity index (χ3n) is 5.30. The van der Waals surface area contributed by atoms with Crippen molar-refractivity contribution in [2.45, 2.75) is 64.6 Å². The van der Waals surface area contributed by atoms with Gasteiger partial charge in [0.15, 0.2) is 0 Å². The molecule has 21 heavy (non-hydrogen) atoms. The Bertz CT molecular complexity index is 477. The molecular formula is C18H29N3. The first-order chi connectivity index (χ1) is 10.1. The molecule has 0 bridgehead atoms. The highest BCUT2D eigenvalue weighted by Crippen LogP contribution is 2.34. The molecule has 116 valence electrons. The van der Waals surface area contributed by atoms with E-state index >= 15 is 0 Å². The maximum Gasteiger partial charge on any atom is 0.0547 e. The van der Waals surface area contributed by atoms with Gasteiger partial charge in [0.25, 0.3) is 0 Å². The van der Waals surface area contributed by atoms with E-state index < -0.39 is 0 Å². The SMILES string of the molecule is Cc1cccc(CN2CC3(CCCC3)NCC2C(C)C)n1. The van der Waals surface area contributed by atoms with Crippen LogP contribution in [0, 0.1) is 12.8 Å². The van der Waals surface area contributed by atoms with Crippen molar-refractivity contribution in [1.82, 2.24) is 15.2 Å². The highest BCUT2D eigenvalue weighted by atomic mass is 15.3. The number of pyridine rings is 1. The lowest BCUT2D eigenvalue weighted by Crippen LogP contribution is -2.64. The number of nitrogens with one attached hydrogen (secondary N) is 1. The van der Waals surface area contributed by atoms with E-state index in [0.717, 1.165) is 18.8 Å². The van der Waals surface area contributed by atoms with Crippen molar-refractivity contribution in [1.29, 1.82) is 0 Å². The summed E-state index contributed by atoms with van der Waals surface area (Å²) in [5, 5.41) is 3.89. The van der Waals surface area contributed by atoms with Gasteiger partial charge in [0, 0.05) is 36.9 Å². The van der Waals surface area contributed by atoms with E-state index in [1.165, 1.54) is 37.9 Å². The van der Waals surface area contributed by atoms with Gasteiger partial charge in [0.05, 0.1) is 5.69 Å². The van der Waals surface area contributed by atoms with Crippen LogP contribution in [-0.2, 0) is 6.54 Å². The van der Waals surface area contributed by atoms with Crippen LogP contribution in [0.5, 0.6) is 0 Å². The number of hydrogen-bond acceptors (Lipinski definition) is 3. The minimum absolute atomic E-state index is 0.384. The molecule has 0 radical (unpaired) electrons. The Hall–Kier alpha value is -0.930. The average Bonchev–Trinajstić information content (AvgIpc) is 2.86. The molecule has 1 spiro atoms. The van der Waals surface area contributed by atoms with Crippen LogP contribution in [0.25, 0.3) is 0 Å². The smallest absolute Gasteiger partial charge is 0.0547 e. The van der Waals surface area contributed by atoms with Crippen molar-refractivity contribution < 1.29 is 0 Å². The predicted octanol–water partition coefficient (Wildman–Crippen LogP) is 3.13. The van der Waals surface area contributed by atoms with Crippen molar-refractivity contribution in [3.05, 3.63) is 29.6 Å². The fraction of sp³-hybridized carbons (Fsp3) is 0.722. The van der Waals surface area contributed by atoms with E-state index in [1.807, 2.05) is 0 Å². The molecule has 1 saturated heterocycles. The van der Waals surface area contributed by atoms with Crippen LogP contribution < -0.4 is 5.32 Å². The van der Waals surface area contributed by atoms with Crippen molar-refractivity contribution >= 4 is 0 Å².